The number of ether oxygens (including phenoxy) is 1. The molecule has 0 spiro atoms. The van der Waals surface area contributed by atoms with Crippen molar-refractivity contribution >= 4 is 0 Å². The van der Waals surface area contributed by atoms with Crippen molar-refractivity contribution in [3.8, 4) is 11.5 Å². The molecule has 1 radical (unpaired) electrons. The maximum atomic E-state index is 9.05. The van der Waals surface area contributed by atoms with E-state index in [1.807, 2.05) is 0 Å². The lowest BCUT2D eigenvalue weighted by molar-refractivity contribution is 0.286. The Morgan fingerprint density at radius 3 is 3.36 bits per heavy atom. The van der Waals surface area contributed by atoms with E-state index in [-0.39, 0.29) is 5.75 Å². The molecule has 0 saturated carbocycles. The molecule has 0 saturated heterocycles. The standard InChI is InChI=1S/C9H9O2/c10-8-4-3-7-2-1-5-11-9(7)6-8/h3,6,10H,1-2,5H2. The van der Waals surface area contributed by atoms with Crippen LogP contribution in [0.4, 0.5) is 0 Å². The number of aryl methyl sites for hydroxylation is 1. The van der Waals surface area contributed by atoms with Crippen molar-refractivity contribution in [1.82, 2.24) is 0 Å². The molecule has 0 aromatic heterocycles. The summed E-state index contributed by atoms with van der Waals surface area (Å²) in [4.78, 5) is 0. The Bertz CT molecular complexity index is 268. The fourth-order valence-corrected chi connectivity index (χ4v) is 1.27. The van der Waals surface area contributed by atoms with E-state index in [1.165, 1.54) is 0 Å². The number of benzene rings is 1. The highest BCUT2D eigenvalue weighted by Crippen LogP contribution is 2.27. The average Bonchev–Trinajstić information content (AvgIpc) is 2.04. The molecule has 0 fully saturated rings. The minimum Gasteiger partial charge on any atom is -0.507 e. The number of fused-ring (bicyclic) bond motifs is 1. The van der Waals surface area contributed by atoms with Gasteiger partial charge in [-0.25, -0.2) is 0 Å². The van der Waals surface area contributed by atoms with Gasteiger partial charge in [0.05, 0.1) is 6.61 Å². The Kier molecular flexibility index (Phi) is 1.46. The smallest absolute Gasteiger partial charge is 0.127 e. The van der Waals surface area contributed by atoms with Crippen LogP contribution in [0.2, 0.25) is 0 Å². The van der Waals surface area contributed by atoms with Gasteiger partial charge in [0.2, 0.25) is 0 Å². The van der Waals surface area contributed by atoms with Gasteiger partial charge in [-0.15, -0.1) is 0 Å². The highest BCUT2D eigenvalue weighted by atomic mass is 16.5. The summed E-state index contributed by atoms with van der Waals surface area (Å²) in [7, 11) is 0. The molecule has 1 aromatic rings. The van der Waals surface area contributed by atoms with Crippen molar-refractivity contribution in [2.75, 3.05) is 6.61 Å². The van der Waals surface area contributed by atoms with E-state index in [2.05, 4.69) is 6.07 Å². The summed E-state index contributed by atoms with van der Waals surface area (Å²) in [5, 5.41) is 9.05. The molecular formula is C9H9O2. The molecule has 2 rings (SSSR count). The molecule has 1 aromatic carbocycles. The van der Waals surface area contributed by atoms with Crippen molar-refractivity contribution < 1.29 is 9.84 Å². The topological polar surface area (TPSA) is 29.5 Å². The average molecular weight is 149 g/mol. The second-order valence-corrected chi connectivity index (χ2v) is 2.66. The van der Waals surface area contributed by atoms with Gasteiger partial charge in [0.25, 0.3) is 0 Å². The van der Waals surface area contributed by atoms with Crippen LogP contribution < -0.4 is 4.74 Å². The minimum absolute atomic E-state index is 0.158. The van der Waals surface area contributed by atoms with Crippen molar-refractivity contribution in [1.29, 1.82) is 0 Å². The van der Waals surface area contributed by atoms with Crippen molar-refractivity contribution in [3.63, 3.8) is 0 Å². The fourth-order valence-electron chi connectivity index (χ4n) is 1.27. The maximum absolute atomic E-state index is 9.05. The number of hydrogen-bond donors (Lipinski definition) is 1. The summed E-state index contributed by atoms with van der Waals surface area (Å²) >= 11 is 0. The lowest BCUT2D eigenvalue weighted by Crippen LogP contribution is -2.07. The van der Waals surface area contributed by atoms with E-state index >= 15 is 0 Å². The van der Waals surface area contributed by atoms with E-state index < -0.39 is 0 Å². The molecule has 0 aliphatic carbocycles. The largest absolute Gasteiger partial charge is 0.507 e. The van der Waals surface area contributed by atoms with Gasteiger partial charge < -0.3 is 9.84 Å². The molecule has 1 N–H and O–H groups in total. The van der Waals surface area contributed by atoms with E-state index in [9.17, 15) is 0 Å². The van der Waals surface area contributed by atoms with Gasteiger partial charge in [0, 0.05) is 12.1 Å². The Morgan fingerprint density at radius 2 is 2.45 bits per heavy atom. The zero-order chi connectivity index (χ0) is 7.68. The Morgan fingerprint density at radius 1 is 1.55 bits per heavy atom. The molecule has 0 atom stereocenters. The Hall–Kier alpha value is -1.18. The number of hydrogen-bond acceptors (Lipinski definition) is 2. The third-order valence-corrected chi connectivity index (χ3v) is 1.83. The second-order valence-electron chi connectivity index (χ2n) is 2.66. The molecule has 0 unspecified atom stereocenters. The van der Waals surface area contributed by atoms with Gasteiger partial charge in [-0.1, -0.05) is 0 Å². The zero-order valence-electron chi connectivity index (χ0n) is 6.13. The Labute approximate surface area is 65.4 Å². The highest BCUT2D eigenvalue weighted by Gasteiger charge is 2.09. The van der Waals surface area contributed by atoms with Crippen LogP contribution in [0.3, 0.4) is 0 Å². The monoisotopic (exact) mass is 149 g/mol. The zero-order valence-corrected chi connectivity index (χ0v) is 6.13. The van der Waals surface area contributed by atoms with E-state index in [0.717, 1.165) is 30.8 Å². The van der Waals surface area contributed by atoms with Crippen LogP contribution in [0.15, 0.2) is 12.1 Å². The summed E-state index contributed by atoms with van der Waals surface area (Å²) in [5.74, 6) is 0.971. The summed E-state index contributed by atoms with van der Waals surface area (Å²) in [6.07, 6.45) is 2.09. The van der Waals surface area contributed by atoms with E-state index in [0.29, 0.717) is 0 Å². The molecule has 2 nitrogen and oxygen atoms in total. The summed E-state index contributed by atoms with van der Waals surface area (Å²) in [5.41, 5.74) is 1.15. The number of phenolic OH excluding ortho intramolecular Hbond substituents is 1. The number of phenols is 1. The minimum atomic E-state index is 0.158. The van der Waals surface area contributed by atoms with Crippen LogP contribution in [-0.2, 0) is 6.42 Å². The first-order chi connectivity index (χ1) is 5.36. The number of rotatable bonds is 0. The van der Waals surface area contributed by atoms with Crippen LogP contribution in [0.25, 0.3) is 0 Å². The van der Waals surface area contributed by atoms with Gasteiger partial charge >= 0.3 is 0 Å². The normalized spacial score (nSPS) is 15.3. The highest BCUT2D eigenvalue weighted by molar-refractivity contribution is 5.40. The van der Waals surface area contributed by atoms with Crippen LogP contribution in [0.5, 0.6) is 11.5 Å². The molecular weight excluding hydrogens is 140 g/mol. The first-order valence-electron chi connectivity index (χ1n) is 3.72. The Balaban J connectivity index is 2.43. The quantitative estimate of drug-likeness (QED) is 0.606. The molecule has 2 heteroatoms. The summed E-state index contributed by atoms with van der Waals surface area (Å²) in [6.45, 7) is 0.760. The summed E-state index contributed by atoms with van der Waals surface area (Å²) in [6, 6.07) is 6.15. The maximum Gasteiger partial charge on any atom is 0.127 e. The lowest BCUT2D eigenvalue weighted by atomic mass is 10.1. The predicted octanol–water partition coefficient (Wildman–Crippen LogP) is 1.52. The summed E-state index contributed by atoms with van der Waals surface area (Å²) < 4.78 is 5.32. The molecule has 0 amide bonds. The van der Waals surface area contributed by atoms with Crippen LogP contribution >= 0.6 is 0 Å². The third kappa shape index (κ3) is 1.16. The first kappa shape index (κ1) is 6.53. The second kappa shape index (κ2) is 2.46. The molecule has 57 valence electrons. The number of aromatic hydroxyl groups is 1. The third-order valence-electron chi connectivity index (χ3n) is 1.83. The van der Waals surface area contributed by atoms with Gasteiger partial charge in [-0.3, -0.25) is 0 Å². The molecule has 0 bridgehead atoms. The van der Waals surface area contributed by atoms with Crippen LogP contribution in [0.1, 0.15) is 12.0 Å². The lowest BCUT2D eigenvalue weighted by Gasteiger charge is -2.16. The van der Waals surface area contributed by atoms with Crippen molar-refractivity contribution in [3.05, 3.63) is 23.8 Å². The van der Waals surface area contributed by atoms with Crippen LogP contribution in [0, 0.1) is 6.07 Å². The fraction of sp³-hybridized carbons (Fsp3) is 0.333. The van der Waals surface area contributed by atoms with E-state index in [1.54, 1.807) is 12.1 Å². The van der Waals surface area contributed by atoms with Gasteiger partial charge in [0.15, 0.2) is 0 Å². The molecule has 1 heterocycles. The van der Waals surface area contributed by atoms with Crippen molar-refractivity contribution in [2.24, 2.45) is 0 Å². The van der Waals surface area contributed by atoms with Crippen LogP contribution in [-0.4, -0.2) is 11.7 Å². The van der Waals surface area contributed by atoms with Gasteiger partial charge in [-0.05, 0) is 24.5 Å². The SMILES string of the molecule is Oc1[c]cc2c(c1)OCCC2. The molecule has 1 aliphatic heterocycles. The van der Waals surface area contributed by atoms with Gasteiger partial charge in [-0.2, -0.15) is 0 Å². The first-order valence-corrected chi connectivity index (χ1v) is 3.72. The van der Waals surface area contributed by atoms with Crippen molar-refractivity contribution in [2.45, 2.75) is 12.8 Å². The molecule has 1 aliphatic rings. The predicted molar refractivity (Wildman–Crippen MR) is 40.8 cm³/mol. The van der Waals surface area contributed by atoms with E-state index in [4.69, 9.17) is 9.84 Å². The van der Waals surface area contributed by atoms with Gasteiger partial charge in [0.1, 0.15) is 11.5 Å². The molecule has 11 heavy (non-hydrogen) atoms.